The fourth-order valence-electron chi connectivity index (χ4n) is 1.51. The summed E-state index contributed by atoms with van der Waals surface area (Å²) >= 11 is 0. The van der Waals surface area contributed by atoms with E-state index in [9.17, 15) is 12.3 Å². The lowest BCUT2D eigenvalue weighted by Crippen LogP contribution is -2.11. The molecule has 2 nitrogen and oxygen atoms in total. The summed E-state index contributed by atoms with van der Waals surface area (Å²) in [7, 11) is -4.51. The quantitative estimate of drug-likeness (QED) is 0.745. The smallest absolute Gasteiger partial charge is 0.194 e. The summed E-state index contributed by atoms with van der Waals surface area (Å²) in [6.45, 7) is 3.75. The standard InChI is InChI=1S/C11H15FO2S/c1-9(2)8-11(15(12,13)14)10-6-4-3-5-7-10/h3-7,9,11H,8H2,1-2H3. The molecule has 0 aromatic heterocycles. The largest absolute Gasteiger partial charge is 0.309 e. The molecule has 1 unspecified atom stereocenters. The van der Waals surface area contributed by atoms with Crippen molar-refractivity contribution in [2.75, 3.05) is 0 Å². The molecule has 84 valence electrons. The third-order valence-corrected chi connectivity index (χ3v) is 3.34. The second kappa shape index (κ2) is 4.75. The van der Waals surface area contributed by atoms with Crippen LogP contribution in [0, 0.1) is 5.92 Å². The first-order valence-electron chi connectivity index (χ1n) is 4.89. The second-order valence-electron chi connectivity index (χ2n) is 4.00. The van der Waals surface area contributed by atoms with E-state index in [1.165, 1.54) is 0 Å². The van der Waals surface area contributed by atoms with Crippen molar-refractivity contribution >= 4 is 10.2 Å². The Hall–Kier alpha value is -0.900. The monoisotopic (exact) mass is 230 g/mol. The van der Waals surface area contributed by atoms with Crippen molar-refractivity contribution in [3.05, 3.63) is 35.9 Å². The molecular formula is C11H15FO2S. The van der Waals surface area contributed by atoms with E-state index in [4.69, 9.17) is 0 Å². The highest BCUT2D eigenvalue weighted by Crippen LogP contribution is 2.30. The molecule has 1 aromatic rings. The van der Waals surface area contributed by atoms with Gasteiger partial charge in [0, 0.05) is 0 Å². The number of halogens is 1. The Morgan fingerprint density at radius 3 is 2.13 bits per heavy atom. The highest BCUT2D eigenvalue weighted by molar-refractivity contribution is 7.86. The highest BCUT2D eigenvalue weighted by Gasteiger charge is 2.27. The zero-order valence-corrected chi connectivity index (χ0v) is 9.67. The summed E-state index contributed by atoms with van der Waals surface area (Å²) < 4.78 is 35.1. The Bertz CT molecular complexity index is 398. The van der Waals surface area contributed by atoms with Crippen molar-refractivity contribution in [2.45, 2.75) is 25.5 Å². The average molecular weight is 230 g/mol. The average Bonchev–Trinajstić information content (AvgIpc) is 2.14. The highest BCUT2D eigenvalue weighted by atomic mass is 32.3. The van der Waals surface area contributed by atoms with Gasteiger partial charge in [0.25, 0.3) is 0 Å². The van der Waals surface area contributed by atoms with E-state index < -0.39 is 15.5 Å². The maximum Gasteiger partial charge on any atom is 0.309 e. The second-order valence-corrected chi connectivity index (χ2v) is 5.52. The molecule has 0 aliphatic rings. The predicted octanol–water partition coefficient (Wildman–Crippen LogP) is 3.07. The van der Waals surface area contributed by atoms with Crippen molar-refractivity contribution in [3.8, 4) is 0 Å². The Morgan fingerprint density at radius 1 is 1.20 bits per heavy atom. The maximum absolute atomic E-state index is 13.1. The zero-order valence-electron chi connectivity index (χ0n) is 8.85. The summed E-state index contributed by atoms with van der Waals surface area (Å²) in [5.41, 5.74) is 0.522. The van der Waals surface area contributed by atoms with Gasteiger partial charge in [0.2, 0.25) is 0 Å². The van der Waals surface area contributed by atoms with E-state index in [-0.39, 0.29) is 5.92 Å². The van der Waals surface area contributed by atoms with Crippen LogP contribution in [0.5, 0.6) is 0 Å². The molecule has 1 atom stereocenters. The number of hydrogen-bond acceptors (Lipinski definition) is 2. The molecule has 0 amide bonds. The number of hydrogen-bond donors (Lipinski definition) is 0. The van der Waals surface area contributed by atoms with Crippen molar-refractivity contribution < 1.29 is 12.3 Å². The molecule has 0 aliphatic heterocycles. The van der Waals surface area contributed by atoms with Crippen molar-refractivity contribution in [3.63, 3.8) is 0 Å². The summed E-state index contributed by atoms with van der Waals surface area (Å²) in [6, 6.07) is 8.50. The molecule has 0 spiro atoms. The number of benzene rings is 1. The Morgan fingerprint density at radius 2 is 1.73 bits per heavy atom. The van der Waals surface area contributed by atoms with Gasteiger partial charge in [-0.2, -0.15) is 8.42 Å². The van der Waals surface area contributed by atoms with Gasteiger partial charge in [0.15, 0.2) is 0 Å². The molecule has 1 aromatic carbocycles. The first-order valence-corrected chi connectivity index (χ1v) is 6.34. The van der Waals surface area contributed by atoms with E-state index in [1.54, 1.807) is 30.3 Å². The molecule has 15 heavy (non-hydrogen) atoms. The number of rotatable bonds is 4. The minimum Gasteiger partial charge on any atom is -0.194 e. The van der Waals surface area contributed by atoms with Crippen LogP contribution in [0.25, 0.3) is 0 Å². The van der Waals surface area contributed by atoms with Crippen LogP contribution in [-0.4, -0.2) is 8.42 Å². The van der Waals surface area contributed by atoms with Gasteiger partial charge in [-0.05, 0) is 17.9 Å². The first-order chi connectivity index (χ1) is 6.91. The molecule has 0 saturated heterocycles. The molecule has 0 saturated carbocycles. The molecule has 1 rings (SSSR count). The van der Waals surface area contributed by atoms with Crippen LogP contribution in [0.3, 0.4) is 0 Å². The van der Waals surface area contributed by atoms with Crippen molar-refractivity contribution in [1.82, 2.24) is 0 Å². The lowest BCUT2D eigenvalue weighted by Gasteiger charge is -2.14. The summed E-state index contributed by atoms with van der Waals surface area (Å²) in [5, 5.41) is -1.03. The molecule has 0 radical (unpaired) electrons. The summed E-state index contributed by atoms with van der Waals surface area (Å²) in [4.78, 5) is 0. The first kappa shape index (κ1) is 12.2. The van der Waals surface area contributed by atoms with E-state index in [1.807, 2.05) is 13.8 Å². The van der Waals surface area contributed by atoms with Crippen molar-refractivity contribution in [2.24, 2.45) is 5.92 Å². The van der Waals surface area contributed by atoms with Crippen LogP contribution >= 0.6 is 0 Å². The van der Waals surface area contributed by atoms with Gasteiger partial charge in [0.1, 0.15) is 5.25 Å². The fourth-order valence-corrected chi connectivity index (χ4v) is 2.61. The molecule has 4 heteroatoms. The molecule has 0 aliphatic carbocycles. The SMILES string of the molecule is CC(C)CC(c1ccccc1)S(=O)(=O)F. The maximum atomic E-state index is 13.1. The Labute approximate surface area is 90.3 Å². The van der Waals surface area contributed by atoms with Gasteiger partial charge in [-0.25, -0.2) is 0 Å². The van der Waals surface area contributed by atoms with Gasteiger partial charge < -0.3 is 0 Å². The Balaban J connectivity index is 3.03. The van der Waals surface area contributed by atoms with Crippen LogP contribution in [-0.2, 0) is 10.2 Å². The van der Waals surface area contributed by atoms with Gasteiger partial charge in [-0.1, -0.05) is 44.2 Å². The minimum atomic E-state index is -4.51. The van der Waals surface area contributed by atoms with Gasteiger partial charge in [-0.15, -0.1) is 3.89 Å². The van der Waals surface area contributed by atoms with Crippen LogP contribution in [0.2, 0.25) is 0 Å². The van der Waals surface area contributed by atoms with Crippen LogP contribution in [0.1, 0.15) is 31.1 Å². The topological polar surface area (TPSA) is 34.1 Å². The van der Waals surface area contributed by atoms with E-state index in [0.29, 0.717) is 12.0 Å². The Kier molecular flexibility index (Phi) is 3.85. The normalized spacial score (nSPS) is 14.1. The lowest BCUT2D eigenvalue weighted by atomic mass is 10.0. The molecule has 0 bridgehead atoms. The lowest BCUT2D eigenvalue weighted by molar-refractivity contribution is 0.500. The van der Waals surface area contributed by atoms with Crippen LogP contribution < -0.4 is 0 Å². The molecule has 0 heterocycles. The van der Waals surface area contributed by atoms with Gasteiger partial charge in [0.05, 0.1) is 0 Å². The predicted molar refractivity (Wildman–Crippen MR) is 58.7 cm³/mol. The van der Waals surface area contributed by atoms with Gasteiger partial charge >= 0.3 is 10.2 Å². The molecule has 0 N–H and O–H groups in total. The van der Waals surface area contributed by atoms with Crippen LogP contribution in [0.4, 0.5) is 3.89 Å². The minimum absolute atomic E-state index is 0.140. The molecular weight excluding hydrogens is 215 g/mol. The van der Waals surface area contributed by atoms with E-state index in [2.05, 4.69) is 0 Å². The van der Waals surface area contributed by atoms with Gasteiger partial charge in [-0.3, -0.25) is 0 Å². The molecule has 0 fully saturated rings. The van der Waals surface area contributed by atoms with Crippen LogP contribution in [0.15, 0.2) is 30.3 Å². The van der Waals surface area contributed by atoms with Crippen molar-refractivity contribution in [1.29, 1.82) is 0 Å². The summed E-state index contributed by atoms with van der Waals surface area (Å²) in [6.07, 6.45) is 0.308. The third-order valence-electron chi connectivity index (χ3n) is 2.20. The summed E-state index contributed by atoms with van der Waals surface area (Å²) in [5.74, 6) is 0.140. The zero-order chi connectivity index (χ0) is 11.5. The third kappa shape index (κ3) is 3.63. The fraction of sp³-hybridized carbons (Fsp3) is 0.455. The van der Waals surface area contributed by atoms with E-state index in [0.717, 1.165) is 0 Å². The van der Waals surface area contributed by atoms with E-state index >= 15 is 0 Å².